The van der Waals surface area contributed by atoms with E-state index in [1.165, 1.54) is 0 Å². The Morgan fingerprint density at radius 2 is 1.84 bits per heavy atom. The molecule has 1 aromatic rings. The highest BCUT2D eigenvalue weighted by Gasteiger charge is 2.19. The van der Waals surface area contributed by atoms with Crippen LogP contribution < -0.4 is 15.4 Å². The summed E-state index contributed by atoms with van der Waals surface area (Å²) in [5.74, 6) is 0.913. The highest BCUT2D eigenvalue weighted by atomic mass is 16.5. The van der Waals surface area contributed by atoms with Crippen molar-refractivity contribution in [3.63, 3.8) is 0 Å². The van der Waals surface area contributed by atoms with E-state index in [1.54, 1.807) is 0 Å². The van der Waals surface area contributed by atoms with Gasteiger partial charge in [-0.25, -0.2) is 0 Å². The smallest absolute Gasteiger partial charge is 0.323 e. The average molecular weight is 269 g/mol. The quantitative estimate of drug-likeness (QED) is 0.654. The highest BCUT2D eigenvalue weighted by Crippen LogP contribution is 2.17. The summed E-state index contributed by atoms with van der Waals surface area (Å²) in [6, 6.07) is 0.288. The van der Waals surface area contributed by atoms with Crippen LogP contribution in [0.25, 0.3) is 0 Å². The van der Waals surface area contributed by atoms with Gasteiger partial charge in [-0.15, -0.1) is 0 Å². The molecule has 3 N–H and O–H groups in total. The number of nitrogens with one attached hydrogen (secondary N) is 2. The van der Waals surface area contributed by atoms with Crippen molar-refractivity contribution in [1.29, 1.82) is 0 Å². The van der Waals surface area contributed by atoms with E-state index in [-0.39, 0.29) is 18.2 Å². The lowest BCUT2D eigenvalue weighted by atomic mass is 10.0. The third kappa shape index (κ3) is 5.25. The van der Waals surface area contributed by atoms with Crippen LogP contribution in [0.2, 0.25) is 0 Å². The second-order valence-corrected chi connectivity index (χ2v) is 4.71. The minimum atomic E-state index is -0.303. The van der Waals surface area contributed by atoms with Gasteiger partial charge in [0.2, 0.25) is 11.9 Å². The molecule has 1 aromatic heterocycles. The lowest BCUT2D eigenvalue weighted by Gasteiger charge is -2.25. The van der Waals surface area contributed by atoms with Crippen molar-refractivity contribution in [1.82, 2.24) is 15.0 Å². The molecule has 0 amide bonds. The number of hydrogen-bond acceptors (Lipinski definition) is 7. The Hall–Kier alpha value is -1.63. The van der Waals surface area contributed by atoms with Gasteiger partial charge in [0.1, 0.15) is 0 Å². The normalized spacial score (nSPS) is 11.2. The average Bonchev–Trinajstić information content (AvgIpc) is 2.28. The zero-order valence-corrected chi connectivity index (χ0v) is 12.0. The zero-order valence-electron chi connectivity index (χ0n) is 12.0. The molecule has 0 aliphatic heterocycles. The van der Waals surface area contributed by atoms with Crippen molar-refractivity contribution >= 4 is 11.9 Å². The Bertz CT molecular complexity index is 373. The van der Waals surface area contributed by atoms with Crippen molar-refractivity contribution in [3.05, 3.63) is 0 Å². The van der Waals surface area contributed by atoms with E-state index in [9.17, 15) is 0 Å². The fraction of sp³-hybridized carbons (Fsp3) is 0.750. The van der Waals surface area contributed by atoms with Crippen LogP contribution in [0.1, 0.15) is 34.1 Å². The topological polar surface area (TPSA) is 92.2 Å². The van der Waals surface area contributed by atoms with Crippen molar-refractivity contribution in [2.75, 3.05) is 30.4 Å². The maximum absolute atomic E-state index is 9.03. The summed E-state index contributed by atoms with van der Waals surface area (Å²) in [5, 5.41) is 15.2. The third-order valence-corrected chi connectivity index (χ3v) is 2.41. The van der Waals surface area contributed by atoms with Crippen molar-refractivity contribution < 1.29 is 9.84 Å². The number of anilines is 2. The summed E-state index contributed by atoms with van der Waals surface area (Å²) in [6.45, 7) is 9.10. The highest BCUT2D eigenvalue weighted by molar-refractivity contribution is 5.37. The first kappa shape index (κ1) is 15.4. The maximum Gasteiger partial charge on any atom is 0.323 e. The molecule has 0 radical (unpaired) electrons. The molecular weight excluding hydrogens is 246 g/mol. The van der Waals surface area contributed by atoms with Gasteiger partial charge in [-0.2, -0.15) is 15.0 Å². The molecule has 0 spiro atoms. The summed E-state index contributed by atoms with van der Waals surface area (Å²) in [5.41, 5.74) is -0.303. The summed E-state index contributed by atoms with van der Waals surface area (Å²) in [4.78, 5) is 12.6. The maximum atomic E-state index is 9.03. The first-order chi connectivity index (χ1) is 9.00. The van der Waals surface area contributed by atoms with Crippen molar-refractivity contribution in [2.45, 2.75) is 39.7 Å². The van der Waals surface area contributed by atoms with Gasteiger partial charge >= 0.3 is 6.01 Å². The number of aliphatic hydroxyl groups is 1. The predicted molar refractivity (Wildman–Crippen MR) is 74.6 cm³/mol. The molecule has 0 fully saturated rings. The van der Waals surface area contributed by atoms with Crippen LogP contribution in [0.4, 0.5) is 11.9 Å². The van der Waals surface area contributed by atoms with E-state index in [0.717, 1.165) is 6.54 Å². The molecule has 0 bridgehead atoms. The van der Waals surface area contributed by atoms with Gasteiger partial charge in [0.25, 0.3) is 0 Å². The molecule has 108 valence electrons. The lowest BCUT2D eigenvalue weighted by molar-refractivity contribution is 0.260. The molecule has 1 rings (SSSR count). The van der Waals surface area contributed by atoms with Gasteiger partial charge in [0, 0.05) is 18.7 Å². The largest absolute Gasteiger partial charge is 0.464 e. The molecule has 7 nitrogen and oxygen atoms in total. The van der Waals surface area contributed by atoms with E-state index in [0.29, 0.717) is 24.9 Å². The summed E-state index contributed by atoms with van der Waals surface area (Å²) < 4.78 is 5.32. The second-order valence-electron chi connectivity index (χ2n) is 4.71. The Morgan fingerprint density at radius 3 is 2.42 bits per heavy atom. The van der Waals surface area contributed by atoms with Gasteiger partial charge in [0.05, 0.1) is 6.61 Å². The number of ether oxygens (including phenoxy) is 1. The second kappa shape index (κ2) is 7.08. The van der Waals surface area contributed by atoms with Gasteiger partial charge in [-0.05, 0) is 34.1 Å². The number of nitrogens with zero attached hydrogens (tertiary/aromatic N) is 3. The summed E-state index contributed by atoms with van der Waals surface area (Å²) in [7, 11) is 0. The third-order valence-electron chi connectivity index (χ3n) is 2.41. The molecule has 0 saturated carbocycles. The van der Waals surface area contributed by atoms with Crippen LogP contribution in [-0.2, 0) is 0 Å². The molecule has 19 heavy (non-hydrogen) atoms. The molecule has 0 unspecified atom stereocenters. The van der Waals surface area contributed by atoms with Gasteiger partial charge in [0.15, 0.2) is 0 Å². The van der Waals surface area contributed by atoms with E-state index in [1.807, 2.05) is 27.7 Å². The SMILES string of the molecule is CCNc1nc(NC(C)(C)CCO)nc(OCC)n1. The lowest BCUT2D eigenvalue weighted by Crippen LogP contribution is -2.33. The van der Waals surface area contributed by atoms with E-state index < -0.39 is 0 Å². The first-order valence-corrected chi connectivity index (χ1v) is 6.52. The van der Waals surface area contributed by atoms with Crippen LogP contribution in [0.15, 0.2) is 0 Å². The minimum Gasteiger partial charge on any atom is -0.464 e. The Labute approximate surface area is 113 Å². The Balaban J connectivity index is 2.91. The van der Waals surface area contributed by atoms with Crippen LogP contribution in [-0.4, -0.2) is 45.4 Å². The number of aromatic nitrogens is 3. The number of hydrogen-bond donors (Lipinski definition) is 3. The van der Waals surface area contributed by atoms with Crippen molar-refractivity contribution in [3.8, 4) is 6.01 Å². The summed E-state index contributed by atoms with van der Waals surface area (Å²) in [6.07, 6.45) is 0.596. The van der Waals surface area contributed by atoms with Gasteiger partial charge in [-0.1, -0.05) is 0 Å². The molecule has 0 atom stereocenters. The molecule has 0 aliphatic carbocycles. The molecule has 0 aliphatic rings. The van der Waals surface area contributed by atoms with E-state index >= 15 is 0 Å². The van der Waals surface area contributed by atoms with E-state index in [4.69, 9.17) is 9.84 Å². The predicted octanol–water partition coefficient (Wildman–Crippen LogP) is 1.27. The zero-order chi connectivity index (χ0) is 14.3. The fourth-order valence-corrected chi connectivity index (χ4v) is 1.49. The van der Waals surface area contributed by atoms with Crippen LogP contribution in [0.3, 0.4) is 0 Å². The fourth-order valence-electron chi connectivity index (χ4n) is 1.49. The van der Waals surface area contributed by atoms with Crippen molar-refractivity contribution in [2.24, 2.45) is 0 Å². The molecule has 1 heterocycles. The Kier molecular flexibility index (Phi) is 5.75. The van der Waals surface area contributed by atoms with Crippen LogP contribution >= 0.6 is 0 Å². The minimum absolute atomic E-state index is 0.101. The molecule has 0 saturated heterocycles. The molecule has 0 aromatic carbocycles. The van der Waals surface area contributed by atoms with Crippen LogP contribution in [0.5, 0.6) is 6.01 Å². The van der Waals surface area contributed by atoms with E-state index in [2.05, 4.69) is 25.6 Å². The molecular formula is C12H23N5O2. The van der Waals surface area contributed by atoms with Gasteiger partial charge in [-0.3, -0.25) is 0 Å². The number of rotatable bonds is 8. The standard InChI is InChI=1S/C12H23N5O2/c1-5-13-9-14-10(16-11(15-9)19-6-2)17-12(3,4)7-8-18/h18H,5-8H2,1-4H3,(H2,13,14,15,16,17). The van der Waals surface area contributed by atoms with Gasteiger partial charge < -0.3 is 20.5 Å². The first-order valence-electron chi connectivity index (χ1n) is 6.52. The molecule has 7 heteroatoms. The monoisotopic (exact) mass is 269 g/mol. The number of aliphatic hydroxyl groups excluding tert-OH is 1. The Morgan fingerprint density at radius 1 is 1.16 bits per heavy atom. The summed E-state index contributed by atoms with van der Waals surface area (Å²) >= 11 is 0. The van der Waals surface area contributed by atoms with Crippen LogP contribution in [0, 0.1) is 0 Å².